The van der Waals surface area contributed by atoms with E-state index in [4.69, 9.17) is 10.5 Å². The molecule has 0 spiro atoms. The Morgan fingerprint density at radius 2 is 2.19 bits per heavy atom. The largest absolute Gasteiger partial charge is 0.468 e. The van der Waals surface area contributed by atoms with E-state index in [-0.39, 0.29) is 5.97 Å². The van der Waals surface area contributed by atoms with E-state index in [9.17, 15) is 4.79 Å². The number of ether oxygens (including phenoxy) is 1. The molecule has 2 atom stereocenters. The van der Waals surface area contributed by atoms with Gasteiger partial charge in [-0.25, -0.2) is 0 Å². The first-order valence-corrected chi connectivity index (χ1v) is 6.16. The number of nitrogens with zero attached hydrogens (tertiary/aromatic N) is 1. The number of carbonyl (C=O) groups excluding carboxylic acids is 1. The Kier molecular flexibility index (Phi) is 3.22. The molecule has 4 nitrogen and oxygen atoms in total. The van der Waals surface area contributed by atoms with Crippen molar-refractivity contribution in [2.24, 2.45) is 17.6 Å². The monoisotopic (exact) mass is 226 g/mol. The van der Waals surface area contributed by atoms with Gasteiger partial charge in [0, 0.05) is 13.1 Å². The number of rotatable bonds is 4. The highest BCUT2D eigenvalue weighted by molar-refractivity contribution is 5.81. The molecule has 0 radical (unpaired) electrons. The second-order valence-corrected chi connectivity index (χ2v) is 5.44. The number of hydrogen-bond acceptors (Lipinski definition) is 4. The van der Waals surface area contributed by atoms with Gasteiger partial charge in [0.05, 0.1) is 7.11 Å². The van der Waals surface area contributed by atoms with Crippen LogP contribution in [0.2, 0.25) is 0 Å². The van der Waals surface area contributed by atoms with Gasteiger partial charge in [0.1, 0.15) is 5.54 Å². The van der Waals surface area contributed by atoms with Gasteiger partial charge in [0.15, 0.2) is 0 Å². The highest BCUT2D eigenvalue weighted by atomic mass is 16.5. The van der Waals surface area contributed by atoms with Gasteiger partial charge in [0.2, 0.25) is 0 Å². The fourth-order valence-electron chi connectivity index (χ4n) is 2.69. The first-order valence-electron chi connectivity index (χ1n) is 6.16. The molecule has 0 aromatic heterocycles. The molecule has 4 heteroatoms. The molecule has 0 aromatic carbocycles. The van der Waals surface area contributed by atoms with Crippen LogP contribution in [0.5, 0.6) is 0 Å². The van der Waals surface area contributed by atoms with Gasteiger partial charge >= 0.3 is 5.97 Å². The zero-order valence-electron chi connectivity index (χ0n) is 10.2. The van der Waals surface area contributed by atoms with Crippen LogP contribution in [0.4, 0.5) is 0 Å². The van der Waals surface area contributed by atoms with Crippen molar-refractivity contribution in [3.05, 3.63) is 0 Å². The molecule has 2 fully saturated rings. The SMILES string of the molecule is COC(=O)C(N)(CN1CCC(C)C1)C1CC1. The van der Waals surface area contributed by atoms with Crippen molar-refractivity contribution in [2.75, 3.05) is 26.7 Å². The lowest BCUT2D eigenvalue weighted by atomic mass is 9.94. The van der Waals surface area contributed by atoms with Gasteiger partial charge in [-0.05, 0) is 37.6 Å². The number of hydrogen-bond donors (Lipinski definition) is 1. The number of likely N-dealkylation sites (tertiary alicyclic amines) is 1. The Bertz CT molecular complexity index is 278. The molecule has 2 aliphatic rings. The molecule has 1 heterocycles. The predicted molar refractivity (Wildman–Crippen MR) is 61.9 cm³/mol. The first-order chi connectivity index (χ1) is 7.56. The van der Waals surface area contributed by atoms with Gasteiger partial charge in [-0.2, -0.15) is 0 Å². The summed E-state index contributed by atoms with van der Waals surface area (Å²) in [7, 11) is 1.43. The van der Waals surface area contributed by atoms with Crippen molar-refractivity contribution in [1.82, 2.24) is 4.90 Å². The van der Waals surface area contributed by atoms with Crippen LogP contribution in [0, 0.1) is 11.8 Å². The maximum absolute atomic E-state index is 11.8. The summed E-state index contributed by atoms with van der Waals surface area (Å²) >= 11 is 0. The van der Waals surface area contributed by atoms with Crippen LogP contribution in [-0.4, -0.2) is 43.2 Å². The third-order valence-corrected chi connectivity index (χ3v) is 3.86. The van der Waals surface area contributed by atoms with Crippen LogP contribution < -0.4 is 5.73 Å². The quantitative estimate of drug-likeness (QED) is 0.714. The number of carbonyl (C=O) groups is 1. The molecular weight excluding hydrogens is 204 g/mol. The van der Waals surface area contributed by atoms with Crippen molar-refractivity contribution in [3.8, 4) is 0 Å². The van der Waals surface area contributed by atoms with E-state index >= 15 is 0 Å². The summed E-state index contributed by atoms with van der Waals surface area (Å²) in [4.78, 5) is 14.1. The third-order valence-electron chi connectivity index (χ3n) is 3.86. The van der Waals surface area contributed by atoms with E-state index in [1.165, 1.54) is 13.5 Å². The second-order valence-electron chi connectivity index (χ2n) is 5.44. The highest BCUT2D eigenvalue weighted by Crippen LogP contribution is 2.39. The fraction of sp³-hybridized carbons (Fsp3) is 0.917. The molecule has 2 rings (SSSR count). The van der Waals surface area contributed by atoms with Crippen molar-refractivity contribution < 1.29 is 9.53 Å². The summed E-state index contributed by atoms with van der Waals surface area (Å²) < 4.78 is 4.86. The van der Waals surface area contributed by atoms with Gasteiger partial charge in [0.25, 0.3) is 0 Å². The zero-order valence-corrected chi connectivity index (χ0v) is 10.2. The maximum Gasteiger partial charge on any atom is 0.327 e. The summed E-state index contributed by atoms with van der Waals surface area (Å²) in [5, 5.41) is 0. The summed E-state index contributed by atoms with van der Waals surface area (Å²) in [5.74, 6) is 0.812. The summed E-state index contributed by atoms with van der Waals surface area (Å²) in [6.45, 7) is 5.02. The molecule has 0 aromatic rings. The molecule has 1 aliphatic carbocycles. The van der Waals surface area contributed by atoms with Crippen LogP contribution >= 0.6 is 0 Å². The Balaban J connectivity index is 1.99. The molecule has 1 aliphatic heterocycles. The lowest BCUT2D eigenvalue weighted by Crippen LogP contribution is -2.58. The van der Waals surface area contributed by atoms with Gasteiger partial charge < -0.3 is 15.4 Å². The first kappa shape index (κ1) is 11.9. The molecule has 0 bridgehead atoms. The second kappa shape index (κ2) is 4.34. The van der Waals surface area contributed by atoms with Crippen molar-refractivity contribution in [3.63, 3.8) is 0 Å². The van der Waals surface area contributed by atoms with Crippen molar-refractivity contribution >= 4 is 5.97 Å². The van der Waals surface area contributed by atoms with E-state index in [0.29, 0.717) is 12.5 Å². The Hall–Kier alpha value is -0.610. The minimum atomic E-state index is -0.765. The number of methoxy groups -OCH3 is 1. The zero-order chi connectivity index (χ0) is 11.8. The minimum absolute atomic E-state index is 0.241. The van der Waals surface area contributed by atoms with Crippen molar-refractivity contribution in [1.29, 1.82) is 0 Å². The molecular formula is C12H22N2O2. The predicted octanol–water partition coefficient (Wildman–Crippen LogP) is 0.609. The molecule has 92 valence electrons. The van der Waals surface area contributed by atoms with Gasteiger partial charge in [-0.1, -0.05) is 6.92 Å². The Morgan fingerprint density at radius 3 is 2.62 bits per heavy atom. The van der Waals surface area contributed by atoms with E-state index in [2.05, 4.69) is 11.8 Å². The molecule has 0 amide bonds. The highest BCUT2D eigenvalue weighted by Gasteiger charge is 2.50. The van der Waals surface area contributed by atoms with Crippen LogP contribution in [0.3, 0.4) is 0 Å². The molecule has 2 N–H and O–H groups in total. The van der Waals surface area contributed by atoms with Gasteiger partial charge in [-0.15, -0.1) is 0 Å². The summed E-state index contributed by atoms with van der Waals surface area (Å²) in [6.07, 6.45) is 3.34. The van der Waals surface area contributed by atoms with Crippen LogP contribution in [0.1, 0.15) is 26.2 Å². The van der Waals surface area contributed by atoms with E-state index in [1.54, 1.807) is 0 Å². The summed E-state index contributed by atoms with van der Waals surface area (Å²) in [6, 6.07) is 0. The Morgan fingerprint density at radius 1 is 1.50 bits per heavy atom. The lowest BCUT2D eigenvalue weighted by Gasteiger charge is -2.31. The topological polar surface area (TPSA) is 55.6 Å². The molecule has 2 unspecified atom stereocenters. The van der Waals surface area contributed by atoms with E-state index in [1.807, 2.05) is 0 Å². The lowest BCUT2D eigenvalue weighted by molar-refractivity contribution is -0.148. The standard InChI is InChI=1S/C12H22N2O2/c1-9-5-6-14(7-9)8-12(13,10-3-4-10)11(15)16-2/h9-10H,3-8,13H2,1-2H3. The normalized spacial score (nSPS) is 30.1. The van der Waals surface area contributed by atoms with E-state index in [0.717, 1.165) is 31.8 Å². The number of esters is 1. The fourth-order valence-corrected chi connectivity index (χ4v) is 2.69. The van der Waals surface area contributed by atoms with E-state index < -0.39 is 5.54 Å². The number of nitrogens with two attached hydrogens (primary N) is 1. The molecule has 1 saturated carbocycles. The smallest absolute Gasteiger partial charge is 0.327 e. The molecule has 16 heavy (non-hydrogen) atoms. The summed E-state index contributed by atoms with van der Waals surface area (Å²) in [5.41, 5.74) is 5.50. The molecule has 1 saturated heterocycles. The van der Waals surface area contributed by atoms with Crippen LogP contribution in [0.15, 0.2) is 0 Å². The van der Waals surface area contributed by atoms with Crippen molar-refractivity contribution in [2.45, 2.75) is 31.7 Å². The minimum Gasteiger partial charge on any atom is -0.468 e. The van der Waals surface area contributed by atoms with Crippen LogP contribution in [0.25, 0.3) is 0 Å². The Labute approximate surface area is 97.1 Å². The van der Waals surface area contributed by atoms with Gasteiger partial charge in [-0.3, -0.25) is 4.79 Å². The van der Waals surface area contributed by atoms with Crippen LogP contribution in [-0.2, 0) is 9.53 Å². The third kappa shape index (κ3) is 2.23. The average Bonchev–Trinajstić information content (AvgIpc) is 3.03. The maximum atomic E-state index is 11.8. The average molecular weight is 226 g/mol.